The summed E-state index contributed by atoms with van der Waals surface area (Å²) in [4.78, 5) is 33.6. The summed E-state index contributed by atoms with van der Waals surface area (Å²) < 4.78 is 5.22. The predicted octanol–water partition coefficient (Wildman–Crippen LogP) is 2.80. The van der Waals surface area contributed by atoms with E-state index in [0.717, 1.165) is 44.2 Å². The molecule has 4 rings (SSSR count). The molecule has 2 saturated carbocycles. The zero-order valence-electron chi connectivity index (χ0n) is 17.1. The first kappa shape index (κ1) is 20.1. The molecule has 0 radical (unpaired) electrons. The minimum Gasteiger partial charge on any atom is -0.497 e. The molecule has 0 bridgehead atoms. The molecule has 2 aromatic rings. The molecule has 1 aromatic heterocycles. The van der Waals surface area contributed by atoms with Crippen molar-refractivity contribution < 1.29 is 14.3 Å². The summed E-state index contributed by atoms with van der Waals surface area (Å²) in [7, 11) is 1.60. The van der Waals surface area contributed by atoms with E-state index in [9.17, 15) is 9.59 Å². The highest BCUT2D eigenvalue weighted by atomic mass is 16.5. The number of nitrogens with zero attached hydrogens (tertiary/aromatic N) is 2. The Morgan fingerprint density at radius 2 is 1.80 bits per heavy atom. The van der Waals surface area contributed by atoms with Crippen LogP contribution in [0, 0.1) is 5.92 Å². The molecule has 8 nitrogen and oxygen atoms in total. The predicted molar refractivity (Wildman–Crippen MR) is 113 cm³/mol. The minimum absolute atomic E-state index is 0.0213. The minimum atomic E-state index is -0.260. The maximum atomic E-state index is 12.8. The van der Waals surface area contributed by atoms with Crippen LogP contribution >= 0.6 is 0 Å². The molecule has 3 N–H and O–H groups in total. The van der Waals surface area contributed by atoms with Crippen molar-refractivity contribution >= 4 is 23.5 Å². The van der Waals surface area contributed by atoms with E-state index in [1.54, 1.807) is 19.4 Å². The summed E-state index contributed by atoms with van der Waals surface area (Å²) in [5.41, 5.74) is 1.05. The van der Waals surface area contributed by atoms with E-state index < -0.39 is 0 Å². The standard InChI is InChI=1S/C22H27N5O3/c1-30-16-6-4-5-15(13-16)24-22-23-12-11-19(27-22)21(29)26-18-8-3-2-7-17(18)25-20(28)14-9-10-14/h4-6,11-14,17-18H,2-3,7-10H2,1H3,(H,25,28)(H,26,29)(H,23,24,27)/t17-,18?/m0/s1. The highest BCUT2D eigenvalue weighted by Gasteiger charge is 2.34. The second kappa shape index (κ2) is 9.11. The fourth-order valence-electron chi connectivity index (χ4n) is 3.74. The molecule has 0 spiro atoms. The van der Waals surface area contributed by atoms with Gasteiger partial charge < -0.3 is 20.7 Å². The Bertz CT molecular complexity index is 915. The van der Waals surface area contributed by atoms with Crippen LogP contribution in [-0.2, 0) is 4.79 Å². The Hall–Kier alpha value is -3.16. The van der Waals surface area contributed by atoms with E-state index in [1.165, 1.54) is 0 Å². The maximum absolute atomic E-state index is 12.8. The van der Waals surface area contributed by atoms with E-state index in [-0.39, 0.29) is 35.5 Å². The van der Waals surface area contributed by atoms with E-state index >= 15 is 0 Å². The van der Waals surface area contributed by atoms with Gasteiger partial charge in [0.1, 0.15) is 11.4 Å². The second-order valence-corrected chi connectivity index (χ2v) is 7.88. The van der Waals surface area contributed by atoms with Crippen molar-refractivity contribution in [1.29, 1.82) is 0 Å². The van der Waals surface area contributed by atoms with Gasteiger partial charge in [0.15, 0.2) is 0 Å². The van der Waals surface area contributed by atoms with E-state index in [2.05, 4.69) is 25.9 Å². The molecule has 2 fully saturated rings. The van der Waals surface area contributed by atoms with Crippen LogP contribution in [0.3, 0.4) is 0 Å². The van der Waals surface area contributed by atoms with Crippen molar-refractivity contribution in [3.63, 3.8) is 0 Å². The van der Waals surface area contributed by atoms with Gasteiger partial charge >= 0.3 is 0 Å². The number of hydrogen-bond donors (Lipinski definition) is 3. The van der Waals surface area contributed by atoms with Gasteiger partial charge in [0.2, 0.25) is 11.9 Å². The first-order valence-corrected chi connectivity index (χ1v) is 10.5. The van der Waals surface area contributed by atoms with Crippen LogP contribution in [0.5, 0.6) is 5.75 Å². The third kappa shape index (κ3) is 5.06. The Morgan fingerprint density at radius 3 is 2.53 bits per heavy atom. The molecule has 8 heteroatoms. The lowest BCUT2D eigenvalue weighted by Crippen LogP contribution is -2.53. The van der Waals surface area contributed by atoms with E-state index in [4.69, 9.17) is 4.74 Å². The average Bonchev–Trinajstić information content (AvgIpc) is 3.61. The lowest BCUT2D eigenvalue weighted by Gasteiger charge is -2.32. The van der Waals surface area contributed by atoms with Gasteiger partial charge in [-0.05, 0) is 43.9 Å². The van der Waals surface area contributed by atoms with Gasteiger partial charge in [-0.3, -0.25) is 9.59 Å². The number of anilines is 2. The number of nitrogens with one attached hydrogen (secondary N) is 3. The Kier molecular flexibility index (Phi) is 6.11. The van der Waals surface area contributed by atoms with Gasteiger partial charge in [-0.1, -0.05) is 18.9 Å². The number of carbonyl (C=O) groups excluding carboxylic acids is 2. The number of ether oxygens (including phenoxy) is 1. The van der Waals surface area contributed by atoms with Crippen molar-refractivity contribution in [1.82, 2.24) is 20.6 Å². The third-order valence-electron chi connectivity index (χ3n) is 5.57. The summed E-state index contributed by atoms with van der Waals surface area (Å²) >= 11 is 0. The molecule has 0 aliphatic heterocycles. The van der Waals surface area contributed by atoms with Gasteiger partial charge in [-0.15, -0.1) is 0 Å². The number of carbonyl (C=O) groups is 2. The fourth-order valence-corrected chi connectivity index (χ4v) is 3.74. The van der Waals surface area contributed by atoms with Crippen LogP contribution in [0.1, 0.15) is 49.0 Å². The lowest BCUT2D eigenvalue weighted by atomic mass is 9.90. The number of rotatable bonds is 7. The fraction of sp³-hybridized carbons (Fsp3) is 0.455. The molecule has 2 amide bonds. The zero-order chi connectivity index (χ0) is 20.9. The topological polar surface area (TPSA) is 105 Å². The molecule has 158 valence electrons. The van der Waals surface area contributed by atoms with Crippen LogP contribution in [0.15, 0.2) is 36.5 Å². The van der Waals surface area contributed by atoms with E-state index in [1.807, 2.05) is 24.3 Å². The number of amides is 2. The molecule has 0 saturated heterocycles. The van der Waals surface area contributed by atoms with Crippen LogP contribution in [0.4, 0.5) is 11.6 Å². The van der Waals surface area contributed by atoms with Crippen molar-refractivity contribution in [2.24, 2.45) is 5.92 Å². The summed E-state index contributed by atoms with van der Waals surface area (Å²) in [6.45, 7) is 0. The summed E-state index contributed by atoms with van der Waals surface area (Å²) in [5.74, 6) is 1.07. The van der Waals surface area contributed by atoms with Gasteiger partial charge in [-0.25, -0.2) is 9.97 Å². The summed E-state index contributed by atoms with van der Waals surface area (Å²) in [5, 5.41) is 9.29. The maximum Gasteiger partial charge on any atom is 0.270 e. The summed E-state index contributed by atoms with van der Waals surface area (Å²) in [6.07, 6.45) is 7.32. The Labute approximate surface area is 175 Å². The quantitative estimate of drug-likeness (QED) is 0.649. The normalized spacial score (nSPS) is 20.8. The average molecular weight is 409 g/mol. The smallest absolute Gasteiger partial charge is 0.270 e. The Balaban J connectivity index is 1.40. The van der Waals surface area contributed by atoms with Crippen LogP contribution < -0.4 is 20.7 Å². The van der Waals surface area contributed by atoms with Crippen molar-refractivity contribution in [2.75, 3.05) is 12.4 Å². The number of aromatic nitrogens is 2. The summed E-state index contributed by atoms with van der Waals surface area (Å²) in [6, 6.07) is 8.88. The van der Waals surface area contributed by atoms with Crippen LogP contribution in [-0.4, -0.2) is 41.0 Å². The van der Waals surface area contributed by atoms with Gasteiger partial charge in [0.05, 0.1) is 7.11 Å². The monoisotopic (exact) mass is 409 g/mol. The highest BCUT2D eigenvalue weighted by molar-refractivity contribution is 5.92. The first-order chi connectivity index (χ1) is 14.6. The first-order valence-electron chi connectivity index (χ1n) is 10.5. The van der Waals surface area contributed by atoms with Crippen molar-refractivity contribution in [2.45, 2.75) is 50.6 Å². The number of methoxy groups -OCH3 is 1. The third-order valence-corrected chi connectivity index (χ3v) is 5.57. The zero-order valence-corrected chi connectivity index (χ0v) is 17.1. The van der Waals surface area contributed by atoms with Crippen LogP contribution in [0.25, 0.3) is 0 Å². The number of benzene rings is 1. The van der Waals surface area contributed by atoms with Crippen molar-refractivity contribution in [3.8, 4) is 5.75 Å². The van der Waals surface area contributed by atoms with Gasteiger partial charge in [0, 0.05) is 36.0 Å². The largest absolute Gasteiger partial charge is 0.497 e. The second-order valence-electron chi connectivity index (χ2n) is 7.88. The number of hydrogen-bond acceptors (Lipinski definition) is 6. The van der Waals surface area contributed by atoms with Gasteiger partial charge in [0.25, 0.3) is 5.91 Å². The van der Waals surface area contributed by atoms with Crippen molar-refractivity contribution in [3.05, 3.63) is 42.2 Å². The molecule has 30 heavy (non-hydrogen) atoms. The van der Waals surface area contributed by atoms with E-state index in [0.29, 0.717) is 11.7 Å². The molecule has 1 aromatic carbocycles. The SMILES string of the molecule is COc1cccc(Nc2nccc(C(=O)NC3CCCC[C@@H]3NC(=O)C3CC3)n2)c1. The molecule has 2 aliphatic carbocycles. The molecule has 2 atom stereocenters. The van der Waals surface area contributed by atoms with Gasteiger partial charge in [-0.2, -0.15) is 0 Å². The lowest BCUT2D eigenvalue weighted by molar-refractivity contribution is -0.123. The highest BCUT2D eigenvalue weighted by Crippen LogP contribution is 2.30. The molecular weight excluding hydrogens is 382 g/mol. The molecule has 1 heterocycles. The molecule has 2 aliphatic rings. The molecule has 1 unspecified atom stereocenters. The molecular formula is C22H27N5O3. The van der Waals surface area contributed by atoms with Crippen LogP contribution in [0.2, 0.25) is 0 Å². The Morgan fingerprint density at radius 1 is 1.03 bits per heavy atom.